The second-order valence-corrected chi connectivity index (χ2v) is 5.90. The van der Waals surface area contributed by atoms with Crippen LogP contribution >= 0.6 is 11.6 Å². The van der Waals surface area contributed by atoms with Gasteiger partial charge in [-0.3, -0.25) is 4.79 Å². The molecule has 23 heavy (non-hydrogen) atoms. The van der Waals surface area contributed by atoms with Crippen LogP contribution in [0.3, 0.4) is 0 Å². The van der Waals surface area contributed by atoms with Gasteiger partial charge in [-0.15, -0.1) is 0 Å². The maximum atomic E-state index is 12.1. The maximum Gasteiger partial charge on any atom is 0.243 e. The minimum Gasteiger partial charge on any atom is -0.495 e. The van der Waals surface area contributed by atoms with Gasteiger partial charge in [-0.05, 0) is 35.7 Å². The normalized spacial score (nSPS) is 10.5. The fraction of sp³-hybridized carbons (Fsp3) is 0.278. The lowest BCUT2D eigenvalue weighted by atomic mass is 10.0. The number of methoxy groups -OCH3 is 1. The van der Waals surface area contributed by atoms with Crippen molar-refractivity contribution in [2.75, 3.05) is 24.3 Å². The number of nitrogens with one attached hydrogen (secondary N) is 2. The van der Waals surface area contributed by atoms with Crippen molar-refractivity contribution in [1.29, 1.82) is 0 Å². The van der Waals surface area contributed by atoms with Gasteiger partial charge in [0.2, 0.25) is 5.91 Å². The van der Waals surface area contributed by atoms with E-state index in [4.69, 9.17) is 16.3 Å². The molecule has 0 radical (unpaired) electrons. The third kappa shape index (κ3) is 4.63. The van der Waals surface area contributed by atoms with Crippen molar-refractivity contribution < 1.29 is 9.53 Å². The van der Waals surface area contributed by atoms with Crippen molar-refractivity contribution in [1.82, 2.24) is 0 Å². The summed E-state index contributed by atoms with van der Waals surface area (Å²) in [5.41, 5.74) is 2.80. The second kappa shape index (κ2) is 7.88. The highest BCUT2D eigenvalue weighted by Crippen LogP contribution is 2.27. The number of benzene rings is 2. The molecule has 0 atom stereocenters. The average molecular weight is 333 g/mol. The second-order valence-electron chi connectivity index (χ2n) is 5.49. The topological polar surface area (TPSA) is 50.4 Å². The molecule has 0 unspecified atom stereocenters. The molecule has 0 spiro atoms. The van der Waals surface area contributed by atoms with Crippen LogP contribution in [0.1, 0.15) is 25.3 Å². The van der Waals surface area contributed by atoms with Gasteiger partial charge in [0, 0.05) is 11.4 Å². The van der Waals surface area contributed by atoms with Crippen molar-refractivity contribution >= 4 is 28.9 Å². The summed E-state index contributed by atoms with van der Waals surface area (Å²) in [5, 5.41) is 6.46. The average Bonchev–Trinajstić information content (AvgIpc) is 2.53. The number of amides is 1. The quantitative estimate of drug-likeness (QED) is 0.817. The van der Waals surface area contributed by atoms with E-state index in [0.717, 1.165) is 5.69 Å². The molecule has 0 fully saturated rings. The first kappa shape index (κ1) is 17.2. The first-order chi connectivity index (χ1) is 11.0. The Labute approximate surface area is 141 Å². The highest BCUT2D eigenvalue weighted by atomic mass is 35.5. The Hall–Kier alpha value is -2.20. The largest absolute Gasteiger partial charge is 0.495 e. The fourth-order valence-corrected chi connectivity index (χ4v) is 2.54. The molecule has 0 bridgehead atoms. The van der Waals surface area contributed by atoms with E-state index in [-0.39, 0.29) is 12.5 Å². The molecule has 2 aromatic rings. The molecule has 0 heterocycles. The number of rotatable bonds is 6. The Balaban J connectivity index is 1.97. The number of anilines is 2. The van der Waals surface area contributed by atoms with Gasteiger partial charge in [0.05, 0.1) is 18.7 Å². The van der Waals surface area contributed by atoms with Gasteiger partial charge in [0.25, 0.3) is 0 Å². The van der Waals surface area contributed by atoms with Gasteiger partial charge in [-0.2, -0.15) is 0 Å². The summed E-state index contributed by atoms with van der Waals surface area (Å²) in [4.78, 5) is 12.1. The smallest absolute Gasteiger partial charge is 0.243 e. The molecule has 2 aromatic carbocycles. The van der Waals surface area contributed by atoms with E-state index < -0.39 is 0 Å². The standard InChI is InChI=1S/C18H21ClN2O2/c1-12(2)14-6-4-5-7-16(14)20-11-18(22)21-13-8-9-17(23-3)15(19)10-13/h4-10,12,20H,11H2,1-3H3,(H,21,22). The van der Waals surface area contributed by atoms with Gasteiger partial charge >= 0.3 is 0 Å². The molecular weight excluding hydrogens is 312 g/mol. The van der Waals surface area contributed by atoms with Crippen molar-refractivity contribution in [2.24, 2.45) is 0 Å². The lowest BCUT2D eigenvalue weighted by molar-refractivity contribution is -0.114. The number of hydrogen-bond acceptors (Lipinski definition) is 3. The van der Waals surface area contributed by atoms with E-state index in [9.17, 15) is 4.79 Å². The minimum absolute atomic E-state index is 0.134. The summed E-state index contributed by atoms with van der Waals surface area (Å²) in [6, 6.07) is 13.1. The van der Waals surface area contributed by atoms with Crippen LogP contribution < -0.4 is 15.4 Å². The van der Waals surface area contributed by atoms with Crippen LogP contribution in [0.2, 0.25) is 5.02 Å². The van der Waals surface area contributed by atoms with Crippen molar-refractivity contribution in [2.45, 2.75) is 19.8 Å². The first-order valence-corrected chi connectivity index (χ1v) is 7.85. The zero-order valence-electron chi connectivity index (χ0n) is 13.5. The molecule has 0 aliphatic carbocycles. The summed E-state index contributed by atoms with van der Waals surface area (Å²) in [6.45, 7) is 4.44. The van der Waals surface area contributed by atoms with E-state index in [1.807, 2.05) is 18.2 Å². The summed E-state index contributed by atoms with van der Waals surface area (Å²) < 4.78 is 5.09. The zero-order valence-corrected chi connectivity index (χ0v) is 14.3. The van der Waals surface area contributed by atoms with Crippen LogP contribution in [0.25, 0.3) is 0 Å². The van der Waals surface area contributed by atoms with Gasteiger partial charge in [-0.1, -0.05) is 43.6 Å². The van der Waals surface area contributed by atoms with Crippen molar-refractivity contribution in [3.63, 3.8) is 0 Å². The molecule has 0 saturated carbocycles. The molecule has 0 aromatic heterocycles. The highest BCUT2D eigenvalue weighted by Gasteiger charge is 2.08. The number of carbonyl (C=O) groups excluding carboxylic acids is 1. The lowest BCUT2D eigenvalue weighted by Gasteiger charge is -2.14. The molecule has 0 aliphatic heterocycles. The lowest BCUT2D eigenvalue weighted by Crippen LogP contribution is -2.22. The molecular formula is C18H21ClN2O2. The maximum absolute atomic E-state index is 12.1. The highest BCUT2D eigenvalue weighted by molar-refractivity contribution is 6.32. The number of halogens is 1. The van der Waals surface area contributed by atoms with Crippen LogP contribution in [0.15, 0.2) is 42.5 Å². The van der Waals surface area contributed by atoms with Crippen LogP contribution in [-0.2, 0) is 4.79 Å². The van der Waals surface area contributed by atoms with E-state index in [0.29, 0.717) is 22.4 Å². The number of hydrogen-bond donors (Lipinski definition) is 2. The van der Waals surface area contributed by atoms with E-state index in [2.05, 4.69) is 30.5 Å². The molecule has 4 nitrogen and oxygen atoms in total. The van der Waals surface area contributed by atoms with Gasteiger partial charge in [0.1, 0.15) is 5.75 Å². The van der Waals surface area contributed by atoms with Gasteiger partial charge in [0.15, 0.2) is 0 Å². The van der Waals surface area contributed by atoms with Gasteiger partial charge < -0.3 is 15.4 Å². The van der Waals surface area contributed by atoms with E-state index in [1.165, 1.54) is 5.56 Å². The summed E-state index contributed by atoms with van der Waals surface area (Å²) in [7, 11) is 1.55. The monoisotopic (exact) mass is 332 g/mol. The van der Waals surface area contributed by atoms with Crippen molar-refractivity contribution in [3.05, 3.63) is 53.1 Å². The van der Waals surface area contributed by atoms with Gasteiger partial charge in [-0.25, -0.2) is 0 Å². The third-order valence-corrected chi connectivity index (χ3v) is 3.75. The molecule has 2 rings (SSSR count). The minimum atomic E-state index is -0.134. The summed E-state index contributed by atoms with van der Waals surface area (Å²) >= 11 is 6.05. The van der Waals surface area contributed by atoms with Crippen LogP contribution in [-0.4, -0.2) is 19.6 Å². The Kier molecular flexibility index (Phi) is 5.88. The predicted molar refractivity (Wildman–Crippen MR) is 95.7 cm³/mol. The zero-order chi connectivity index (χ0) is 16.8. The molecule has 1 amide bonds. The summed E-state index contributed by atoms with van der Waals surface area (Å²) in [6.07, 6.45) is 0. The summed E-state index contributed by atoms with van der Waals surface area (Å²) in [5.74, 6) is 0.834. The Bertz CT molecular complexity index is 686. The number of para-hydroxylation sites is 1. The molecule has 0 saturated heterocycles. The van der Waals surface area contributed by atoms with Crippen LogP contribution in [0, 0.1) is 0 Å². The Morgan fingerprint density at radius 2 is 1.96 bits per heavy atom. The molecule has 5 heteroatoms. The third-order valence-electron chi connectivity index (χ3n) is 3.46. The number of ether oxygens (including phenoxy) is 1. The molecule has 2 N–H and O–H groups in total. The predicted octanol–water partition coefficient (Wildman–Crippen LogP) is 4.52. The van der Waals surface area contributed by atoms with E-state index >= 15 is 0 Å². The molecule has 0 aliphatic rings. The Morgan fingerprint density at radius 3 is 2.61 bits per heavy atom. The van der Waals surface area contributed by atoms with Crippen molar-refractivity contribution in [3.8, 4) is 5.75 Å². The van der Waals surface area contributed by atoms with Crippen LogP contribution in [0.5, 0.6) is 5.75 Å². The number of carbonyl (C=O) groups is 1. The Morgan fingerprint density at radius 1 is 1.22 bits per heavy atom. The van der Waals surface area contributed by atoms with E-state index in [1.54, 1.807) is 25.3 Å². The molecule has 122 valence electrons. The SMILES string of the molecule is COc1ccc(NC(=O)CNc2ccccc2C(C)C)cc1Cl. The fourth-order valence-electron chi connectivity index (χ4n) is 2.29. The van der Waals surface area contributed by atoms with Crippen LogP contribution in [0.4, 0.5) is 11.4 Å². The first-order valence-electron chi connectivity index (χ1n) is 7.47.